The van der Waals surface area contributed by atoms with Crippen LogP contribution in [0.25, 0.3) is 11.5 Å². The monoisotopic (exact) mass is 337 g/mol. The molecule has 0 spiro atoms. The van der Waals surface area contributed by atoms with Crippen molar-refractivity contribution in [2.24, 2.45) is 0 Å². The molecule has 3 rings (SSSR count). The highest BCUT2D eigenvalue weighted by molar-refractivity contribution is 5.78. The topological polar surface area (TPSA) is 77.2 Å². The number of hydrogen-bond donors (Lipinski definition) is 1. The largest absolute Gasteiger partial charge is 0.478 e. The van der Waals surface area contributed by atoms with E-state index in [1.807, 2.05) is 49.4 Å². The fraction of sp³-hybridized carbons (Fsp3) is 0.211. The summed E-state index contributed by atoms with van der Waals surface area (Å²) in [6.45, 7) is 2.77. The lowest BCUT2D eigenvalue weighted by molar-refractivity contribution is -0.120. The Morgan fingerprint density at radius 1 is 1.20 bits per heavy atom. The lowest BCUT2D eigenvalue weighted by Crippen LogP contribution is -2.25. The molecular formula is C19H19N3O3. The van der Waals surface area contributed by atoms with E-state index >= 15 is 0 Å². The zero-order valence-corrected chi connectivity index (χ0v) is 13.9. The van der Waals surface area contributed by atoms with Crippen LogP contribution >= 0.6 is 0 Å². The van der Waals surface area contributed by atoms with Crippen molar-refractivity contribution in [1.82, 2.24) is 15.3 Å². The van der Waals surface area contributed by atoms with Crippen molar-refractivity contribution in [2.75, 3.05) is 6.61 Å². The number of benzene rings is 1. The smallest absolute Gasteiger partial charge is 0.226 e. The lowest BCUT2D eigenvalue weighted by Gasteiger charge is -2.09. The summed E-state index contributed by atoms with van der Waals surface area (Å²) in [6.07, 6.45) is 3.33. The molecule has 6 heteroatoms. The van der Waals surface area contributed by atoms with Gasteiger partial charge < -0.3 is 14.5 Å². The molecule has 1 N–H and O–H groups in total. The minimum absolute atomic E-state index is 0.140. The molecule has 0 atom stereocenters. The second kappa shape index (κ2) is 8.10. The maximum Gasteiger partial charge on any atom is 0.226 e. The van der Waals surface area contributed by atoms with E-state index < -0.39 is 0 Å². The fourth-order valence-corrected chi connectivity index (χ4v) is 2.35. The van der Waals surface area contributed by atoms with Gasteiger partial charge in [0.1, 0.15) is 6.26 Å². The lowest BCUT2D eigenvalue weighted by atomic mass is 10.2. The average molecular weight is 337 g/mol. The molecule has 0 aliphatic carbocycles. The predicted octanol–water partition coefficient (Wildman–Crippen LogP) is 2.99. The van der Waals surface area contributed by atoms with Crippen molar-refractivity contribution in [3.8, 4) is 17.3 Å². The zero-order chi connectivity index (χ0) is 17.5. The van der Waals surface area contributed by atoms with Gasteiger partial charge in [-0.25, -0.2) is 9.97 Å². The number of carbonyl (C=O) groups excluding carboxylic acids is 1. The van der Waals surface area contributed by atoms with Crippen LogP contribution in [0.4, 0.5) is 0 Å². The Morgan fingerprint density at radius 3 is 2.84 bits per heavy atom. The Balaban J connectivity index is 1.58. The minimum Gasteiger partial charge on any atom is -0.478 e. The molecule has 1 aromatic carbocycles. The molecule has 1 amide bonds. The first-order chi connectivity index (χ1) is 12.3. The maximum absolute atomic E-state index is 12.1. The van der Waals surface area contributed by atoms with Gasteiger partial charge >= 0.3 is 0 Å². The number of nitrogens with one attached hydrogen (secondary N) is 1. The highest BCUT2D eigenvalue weighted by Gasteiger charge is 2.11. The summed E-state index contributed by atoms with van der Waals surface area (Å²) in [5, 5.41) is 2.85. The molecule has 6 nitrogen and oxygen atoms in total. The summed E-state index contributed by atoms with van der Waals surface area (Å²) in [6, 6.07) is 13.3. The van der Waals surface area contributed by atoms with Gasteiger partial charge in [-0.15, -0.1) is 0 Å². The van der Waals surface area contributed by atoms with Gasteiger partial charge in [-0.3, -0.25) is 4.79 Å². The first-order valence-corrected chi connectivity index (χ1v) is 8.09. The van der Waals surface area contributed by atoms with Crippen LogP contribution in [0.2, 0.25) is 0 Å². The van der Waals surface area contributed by atoms with Crippen LogP contribution in [0.3, 0.4) is 0 Å². The third-order valence-electron chi connectivity index (χ3n) is 3.52. The van der Waals surface area contributed by atoms with E-state index in [4.69, 9.17) is 9.15 Å². The summed E-state index contributed by atoms with van der Waals surface area (Å²) in [7, 11) is 0. The zero-order valence-electron chi connectivity index (χ0n) is 13.9. The molecule has 0 unspecified atom stereocenters. The molecule has 0 aliphatic heterocycles. The Bertz CT molecular complexity index is 831. The first kappa shape index (κ1) is 16.7. The van der Waals surface area contributed by atoms with Crippen molar-refractivity contribution >= 4 is 5.91 Å². The summed E-state index contributed by atoms with van der Waals surface area (Å²) in [4.78, 5) is 20.7. The summed E-state index contributed by atoms with van der Waals surface area (Å²) in [5.74, 6) is 0.909. The summed E-state index contributed by atoms with van der Waals surface area (Å²) >= 11 is 0. The van der Waals surface area contributed by atoms with Gasteiger partial charge in [-0.2, -0.15) is 0 Å². The van der Waals surface area contributed by atoms with E-state index in [9.17, 15) is 4.79 Å². The third-order valence-corrected chi connectivity index (χ3v) is 3.52. The van der Waals surface area contributed by atoms with E-state index in [2.05, 4.69) is 15.3 Å². The number of hydrogen-bond acceptors (Lipinski definition) is 5. The van der Waals surface area contributed by atoms with Crippen molar-refractivity contribution < 1.29 is 13.9 Å². The minimum atomic E-state index is -0.140. The van der Waals surface area contributed by atoms with Gasteiger partial charge in [0, 0.05) is 23.9 Å². The van der Waals surface area contributed by atoms with Gasteiger partial charge in [0.25, 0.3) is 0 Å². The van der Waals surface area contributed by atoms with Crippen LogP contribution in [0.15, 0.2) is 59.3 Å². The van der Waals surface area contributed by atoms with Crippen molar-refractivity contribution in [3.63, 3.8) is 0 Å². The Kier molecular flexibility index (Phi) is 5.41. The average Bonchev–Trinajstić information content (AvgIpc) is 3.10. The molecule has 0 radical (unpaired) electrons. The number of aromatic nitrogens is 2. The molecule has 3 aromatic rings. The van der Waals surface area contributed by atoms with Crippen LogP contribution in [-0.4, -0.2) is 22.5 Å². The number of ether oxygens (including phenoxy) is 1. The Morgan fingerprint density at radius 2 is 2.04 bits per heavy atom. The fourth-order valence-electron chi connectivity index (χ4n) is 2.35. The standard InChI is InChI=1S/C19H19N3O3/c1-2-24-18-15(9-6-10-20-18)12-21-17(23)11-16-13-25-19(22-16)14-7-4-3-5-8-14/h3-10,13H,2,11-12H2,1H3,(H,21,23). The van der Waals surface area contributed by atoms with E-state index in [1.54, 1.807) is 6.20 Å². The molecule has 0 saturated heterocycles. The third kappa shape index (κ3) is 4.44. The Labute approximate surface area is 145 Å². The summed E-state index contributed by atoms with van der Waals surface area (Å²) in [5.41, 5.74) is 2.31. The molecule has 0 bridgehead atoms. The van der Waals surface area contributed by atoms with Crippen molar-refractivity contribution in [1.29, 1.82) is 0 Å². The van der Waals surface area contributed by atoms with Crippen molar-refractivity contribution in [2.45, 2.75) is 19.9 Å². The SMILES string of the molecule is CCOc1ncccc1CNC(=O)Cc1coc(-c2ccccc2)n1. The number of oxazole rings is 1. The second-order valence-electron chi connectivity index (χ2n) is 5.36. The van der Waals surface area contributed by atoms with Gasteiger partial charge in [0.05, 0.1) is 18.7 Å². The number of amides is 1. The van der Waals surface area contributed by atoms with E-state index in [0.29, 0.717) is 30.6 Å². The quantitative estimate of drug-likeness (QED) is 0.717. The number of rotatable bonds is 7. The van der Waals surface area contributed by atoms with Crippen LogP contribution in [0.5, 0.6) is 5.88 Å². The van der Waals surface area contributed by atoms with E-state index in [1.165, 1.54) is 6.26 Å². The number of carbonyl (C=O) groups is 1. The maximum atomic E-state index is 12.1. The molecule has 0 aliphatic rings. The molecule has 0 saturated carbocycles. The molecule has 128 valence electrons. The normalized spacial score (nSPS) is 10.4. The molecular weight excluding hydrogens is 318 g/mol. The highest BCUT2D eigenvalue weighted by atomic mass is 16.5. The molecule has 25 heavy (non-hydrogen) atoms. The molecule has 2 heterocycles. The van der Waals surface area contributed by atoms with Crippen LogP contribution in [0, 0.1) is 0 Å². The highest BCUT2D eigenvalue weighted by Crippen LogP contribution is 2.18. The van der Waals surface area contributed by atoms with Gasteiger partial charge in [-0.05, 0) is 25.1 Å². The van der Waals surface area contributed by atoms with E-state index in [0.717, 1.165) is 11.1 Å². The summed E-state index contributed by atoms with van der Waals surface area (Å²) < 4.78 is 10.9. The van der Waals surface area contributed by atoms with Crippen LogP contribution in [0.1, 0.15) is 18.2 Å². The van der Waals surface area contributed by atoms with Gasteiger partial charge in [0.15, 0.2) is 0 Å². The van der Waals surface area contributed by atoms with Crippen LogP contribution in [-0.2, 0) is 17.8 Å². The molecule has 2 aromatic heterocycles. The van der Waals surface area contributed by atoms with Crippen LogP contribution < -0.4 is 10.1 Å². The first-order valence-electron chi connectivity index (χ1n) is 8.09. The molecule has 0 fully saturated rings. The van der Waals surface area contributed by atoms with Crippen molar-refractivity contribution in [3.05, 3.63) is 66.2 Å². The number of nitrogens with zero attached hydrogens (tertiary/aromatic N) is 2. The van der Waals surface area contributed by atoms with Gasteiger partial charge in [-0.1, -0.05) is 24.3 Å². The van der Waals surface area contributed by atoms with Gasteiger partial charge in [0.2, 0.25) is 17.7 Å². The Hall–Kier alpha value is -3.15. The van der Waals surface area contributed by atoms with E-state index in [-0.39, 0.29) is 12.3 Å². The number of pyridine rings is 1. The predicted molar refractivity (Wildman–Crippen MR) is 92.9 cm³/mol. The second-order valence-corrected chi connectivity index (χ2v) is 5.36.